The zero-order valence-electron chi connectivity index (χ0n) is 13.6. The Labute approximate surface area is 131 Å². The molecule has 0 spiro atoms. The molecule has 1 aromatic heterocycles. The molecule has 1 saturated heterocycles. The van der Waals surface area contributed by atoms with Crippen LogP contribution < -0.4 is 5.32 Å². The van der Waals surface area contributed by atoms with E-state index in [0.29, 0.717) is 6.54 Å². The van der Waals surface area contributed by atoms with E-state index in [9.17, 15) is 9.59 Å². The number of rotatable bonds is 5. The van der Waals surface area contributed by atoms with E-state index >= 15 is 0 Å². The molecule has 1 N–H and O–H groups in total. The average molecular weight is 307 g/mol. The predicted octanol–water partition coefficient (Wildman–Crippen LogP) is -0.220. The van der Waals surface area contributed by atoms with E-state index in [2.05, 4.69) is 15.3 Å². The summed E-state index contributed by atoms with van der Waals surface area (Å²) in [6.07, 6.45) is 0. The van der Waals surface area contributed by atoms with Gasteiger partial charge in [0.2, 0.25) is 11.8 Å². The number of carbonyl (C=O) groups is 2. The zero-order valence-corrected chi connectivity index (χ0v) is 13.6. The van der Waals surface area contributed by atoms with Gasteiger partial charge in [-0.25, -0.2) is 0 Å². The summed E-state index contributed by atoms with van der Waals surface area (Å²) in [4.78, 5) is 27.3. The van der Waals surface area contributed by atoms with Crippen LogP contribution in [0.5, 0.6) is 0 Å². The second-order valence-corrected chi connectivity index (χ2v) is 5.78. The van der Waals surface area contributed by atoms with Crippen LogP contribution in [0, 0.1) is 13.8 Å². The highest BCUT2D eigenvalue weighted by atomic mass is 16.2. The van der Waals surface area contributed by atoms with Crippen molar-refractivity contribution < 1.29 is 9.59 Å². The minimum absolute atomic E-state index is 0.0198. The monoisotopic (exact) mass is 307 g/mol. The van der Waals surface area contributed by atoms with Crippen LogP contribution in [-0.4, -0.2) is 70.7 Å². The third-order valence-corrected chi connectivity index (χ3v) is 3.96. The van der Waals surface area contributed by atoms with Crippen molar-refractivity contribution in [2.75, 3.05) is 39.3 Å². The first-order valence-electron chi connectivity index (χ1n) is 7.71. The fourth-order valence-corrected chi connectivity index (χ4v) is 2.67. The lowest BCUT2D eigenvalue weighted by atomic mass is 10.3. The van der Waals surface area contributed by atoms with Gasteiger partial charge in [-0.05, 0) is 19.9 Å². The summed E-state index contributed by atoms with van der Waals surface area (Å²) >= 11 is 0. The van der Waals surface area contributed by atoms with Crippen molar-refractivity contribution in [3.8, 4) is 0 Å². The number of nitrogens with zero attached hydrogens (tertiary/aromatic N) is 4. The summed E-state index contributed by atoms with van der Waals surface area (Å²) in [6.45, 7) is 10.5. The molecule has 2 rings (SSSR count). The maximum absolute atomic E-state index is 11.9. The topological polar surface area (TPSA) is 70.5 Å². The van der Waals surface area contributed by atoms with Crippen molar-refractivity contribution in [1.82, 2.24) is 24.9 Å². The van der Waals surface area contributed by atoms with Gasteiger partial charge < -0.3 is 10.2 Å². The molecule has 0 aliphatic carbocycles. The van der Waals surface area contributed by atoms with Crippen LogP contribution in [0.3, 0.4) is 0 Å². The van der Waals surface area contributed by atoms with Gasteiger partial charge in [0.05, 0.1) is 5.69 Å². The molecule has 0 saturated carbocycles. The van der Waals surface area contributed by atoms with Gasteiger partial charge in [-0.1, -0.05) is 0 Å². The number of amides is 2. The van der Waals surface area contributed by atoms with Crippen molar-refractivity contribution in [3.05, 3.63) is 17.5 Å². The van der Waals surface area contributed by atoms with Crippen LogP contribution in [0.1, 0.15) is 18.3 Å². The van der Waals surface area contributed by atoms with E-state index in [-0.39, 0.29) is 18.4 Å². The van der Waals surface area contributed by atoms with Gasteiger partial charge in [0.15, 0.2) is 0 Å². The maximum Gasteiger partial charge on any atom is 0.241 e. The molecule has 122 valence electrons. The van der Waals surface area contributed by atoms with Gasteiger partial charge in [0.25, 0.3) is 0 Å². The molecule has 0 radical (unpaired) electrons. The second kappa shape index (κ2) is 7.40. The van der Waals surface area contributed by atoms with Crippen molar-refractivity contribution >= 4 is 11.8 Å². The van der Waals surface area contributed by atoms with E-state index in [0.717, 1.165) is 44.1 Å². The predicted molar refractivity (Wildman–Crippen MR) is 83.4 cm³/mol. The Morgan fingerprint density at radius 2 is 1.91 bits per heavy atom. The van der Waals surface area contributed by atoms with Crippen LogP contribution in [0.2, 0.25) is 0 Å². The molecule has 1 aliphatic heterocycles. The van der Waals surface area contributed by atoms with Crippen molar-refractivity contribution in [3.63, 3.8) is 0 Å². The average Bonchev–Trinajstić information content (AvgIpc) is 2.77. The first kappa shape index (κ1) is 16.5. The fraction of sp³-hybridized carbons (Fsp3) is 0.667. The largest absolute Gasteiger partial charge is 0.353 e. The molecular weight excluding hydrogens is 282 g/mol. The molecule has 2 heterocycles. The minimum Gasteiger partial charge on any atom is -0.353 e. The summed E-state index contributed by atoms with van der Waals surface area (Å²) in [7, 11) is 0. The van der Waals surface area contributed by atoms with Crippen LogP contribution in [0.25, 0.3) is 0 Å². The van der Waals surface area contributed by atoms with E-state index in [1.807, 2.05) is 24.8 Å². The van der Waals surface area contributed by atoms with Gasteiger partial charge in [-0.3, -0.25) is 19.2 Å². The minimum atomic E-state index is -0.0198. The summed E-state index contributed by atoms with van der Waals surface area (Å²) in [5, 5.41) is 7.21. The van der Waals surface area contributed by atoms with Gasteiger partial charge >= 0.3 is 0 Å². The Hall–Kier alpha value is -1.89. The van der Waals surface area contributed by atoms with Crippen molar-refractivity contribution in [2.45, 2.75) is 27.3 Å². The summed E-state index contributed by atoms with van der Waals surface area (Å²) in [5.41, 5.74) is 1.92. The van der Waals surface area contributed by atoms with Crippen LogP contribution in [-0.2, 0) is 16.1 Å². The lowest BCUT2D eigenvalue weighted by molar-refractivity contribution is -0.130. The molecule has 0 aromatic carbocycles. The Kier molecular flexibility index (Phi) is 5.54. The summed E-state index contributed by atoms with van der Waals surface area (Å²) < 4.78 is 1.72. The Morgan fingerprint density at radius 1 is 1.23 bits per heavy atom. The molecule has 1 aliphatic rings. The lowest BCUT2D eigenvalue weighted by Gasteiger charge is -2.34. The van der Waals surface area contributed by atoms with Crippen molar-refractivity contribution in [1.29, 1.82) is 0 Å². The molecule has 2 amide bonds. The third-order valence-electron chi connectivity index (χ3n) is 3.96. The highest BCUT2D eigenvalue weighted by molar-refractivity contribution is 5.75. The standard InChI is InChI=1S/C15H25N5O2/c1-12-10-13(2)20(17-12)11-15(22)16-4-5-18-6-8-19(9-7-18)14(3)21/h10H,4-9,11H2,1-3H3,(H,16,22). The number of aryl methyl sites for hydroxylation is 2. The number of piperazine rings is 1. The Morgan fingerprint density at radius 3 is 2.45 bits per heavy atom. The summed E-state index contributed by atoms with van der Waals surface area (Å²) in [5.74, 6) is 0.117. The number of nitrogens with one attached hydrogen (secondary N) is 1. The molecule has 22 heavy (non-hydrogen) atoms. The van der Waals surface area contributed by atoms with Gasteiger partial charge in [-0.2, -0.15) is 5.10 Å². The molecule has 0 atom stereocenters. The van der Waals surface area contributed by atoms with Gasteiger partial charge in [-0.15, -0.1) is 0 Å². The molecule has 7 heteroatoms. The van der Waals surface area contributed by atoms with Gasteiger partial charge in [0.1, 0.15) is 6.54 Å². The third kappa shape index (κ3) is 4.56. The maximum atomic E-state index is 11.9. The van der Waals surface area contributed by atoms with E-state index < -0.39 is 0 Å². The SMILES string of the molecule is CC(=O)N1CCN(CCNC(=O)Cn2nc(C)cc2C)CC1. The number of hydrogen-bond acceptors (Lipinski definition) is 4. The van der Waals surface area contributed by atoms with Gasteiger partial charge in [0, 0.05) is 51.9 Å². The Bertz CT molecular complexity index is 532. The highest BCUT2D eigenvalue weighted by Crippen LogP contribution is 2.02. The molecule has 7 nitrogen and oxygen atoms in total. The molecule has 1 aromatic rings. The number of hydrogen-bond donors (Lipinski definition) is 1. The zero-order chi connectivity index (χ0) is 16.1. The molecule has 0 bridgehead atoms. The molecule has 1 fully saturated rings. The van der Waals surface area contributed by atoms with Crippen LogP contribution >= 0.6 is 0 Å². The fourth-order valence-electron chi connectivity index (χ4n) is 2.67. The first-order chi connectivity index (χ1) is 10.5. The quantitative estimate of drug-likeness (QED) is 0.816. The highest BCUT2D eigenvalue weighted by Gasteiger charge is 2.18. The van der Waals surface area contributed by atoms with E-state index in [1.54, 1.807) is 11.6 Å². The smallest absolute Gasteiger partial charge is 0.241 e. The lowest BCUT2D eigenvalue weighted by Crippen LogP contribution is -2.49. The molecule has 0 unspecified atom stereocenters. The summed E-state index contributed by atoms with van der Waals surface area (Å²) in [6, 6.07) is 1.96. The normalized spacial score (nSPS) is 15.9. The Balaban J connectivity index is 1.65. The van der Waals surface area contributed by atoms with E-state index in [4.69, 9.17) is 0 Å². The van der Waals surface area contributed by atoms with Crippen LogP contribution in [0.4, 0.5) is 0 Å². The number of carbonyl (C=O) groups excluding carboxylic acids is 2. The molecular formula is C15H25N5O2. The van der Waals surface area contributed by atoms with E-state index in [1.165, 1.54) is 0 Å². The number of aromatic nitrogens is 2. The van der Waals surface area contributed by atoms with Crippen molar-refractivity contribution in [2.24, 2.45) is 0 Å². The second-order valence-electron chi connectivity index (χ2n) is 5.78. The van der Waals surface area contributed by atoms with Crippen LogP contribution in [0.15, 0.2) is 6.07 Å². The first-order valence-corrected chi connectivity index (χ1v) is 7.71.